The maximum Gasteiger partial charge on any atom is 0.416 e. The van der Waals surface area contributed by atoms with Crippen LogP contribution in [-0.4, -0.2) is 4.98 Å². The van der Waals surface area contributed by atoms with Gasteiger partial charge in [-0.1, -0.05) is 20.3 Å². The maximum absolute atomic E-state index is 12.0. The Morgan fingerprint density at radius 3 is 2.07 bits per heavy atom. The van der Waals surface area contributed by atoms with E-state index in [4.69, 9.17) is 0 Å². The van der Waals surface area contributed by atoms with E-state index in [1.165, 1.54) is 13.3 Å². The number of alkyl halides is 3. The fourth-order valence-electron chi connectivity index (χ4n) is 0.846. The molecule has 0 amide bonds. The van der Waals surface area contributed by atoms with Crippen LogP contribution in [0.15, 0.2) is 16.9 Å². The summed E-state index contributed by atoms with van der Waals surface area (Å²) in [6.45, 7) is 5.65. The summed E-state index contributed by atoms with van der Waals surface area (Å²) in [6.07, 6.45) is -3.20. The third-order valence-electron chi connectivity index (χ3n) is 1.31. The number of aryl methyl sites for hydroxylation is 1. The largest absolute Gasteiger partial charge is 0.416 e. The summed E-state index contributed by atoms with van der Waals surface area (Å²) >= 11 is 0. The SMILES string of the molecule is CCC.Cc1cc(C(F)(F)F)cc(=O)[nH]1. The van der Waals surface area contributed by atoms with Crippen molar-refractivity contribution >= 4 is 0 Å². The molecule has 1 aromatic rings. The molecule has 0 fully saturated rings. The standard InChI is InChI=1S/C7H6F3NO.C3H8/c1-4-2-5(7(8,9)10)3-6(12)11-4;1-3-2/h2-3H,1H3,(H,11,12);3H2,1-2H3. The van der Waals surface area contributed by atoms with E-state index >= 15 is 0 Å². The zero-order valence-corrected chi connectivity index (χ0v) is 8.90. The lowest BCUT2D eigenvalue weighted by Crippen LogP contribution is -2.13. The van der Waals surface area contributed by atoms with Gasteiger partial charge < -0.3 is 4.98 Å². The summed E-state index contributed by atoms with van der Waals surface area (Å²) in [5.41, 5.74) is -1.44. The Morgan fingerprint density at radius 1 is 1.27 bits per heavy atom. The van der Waals surface area contributed by atoms with Crippen molar-refractivity contribution in [3.8, 4) is 0 Å². The van der Waals surface area contributed by atoms with Crippen molar-refractivity contribution in [2.24, 2.45) is 0 Å². The molecule has 5 heteroatoms. The summed E-state index contributed by atoms with van der Waals surface area (Å²) in [4.78, 5) is 12.8. The first kappa shape index (κ1) is 13.7. The highest BCUT2D eigenvalue weighted by Gasteiger charge is 2.30. The number of H-pyrrole nitrogens is 1. The van der Waals surface area contributed by atoms with Crippen molar-refractivity contribution in [2.75, 3.05) is 0 Å². The van der Waals surface area contributed by atoms with Crippen LogP contribution >= 0.6 is 0 Å². The minimum atomic E-state index is -4.45. The van der Waals surface area contributed by atoms with Crippen LogP contribution in [0.3, 0.4) is 0 Å². The van der Waals surface area contributed by atoms with E-state index in [2.05, 4.69) is 18.8 Å². The molecule has 0 atom stereocenters. The van der Waals surface area contributed by atoms with Crippen molar-refractivity contribution in [1.82, 2.24) is 4.98 Å². The van der Waals surface area contributed by atoms with Crippen LogP contribution in [0.25, 0.3) is 0 Å². The molecule has 1 N–H and O–H groups in total. The number of halogens is 3. The number of hydrogen-bond donors (Lipinski definition) is 1. The third-order valence-corrected chi connectivity index (χ3v) is 1.31. The first-order valence-electron chi connectivity index (χ1n) is 4.59. The molecule has 0 aliphatic carbocycles. The van der Waals surface area contributed by atoms with Gasteiger partial charge in [0.1, 0.15) is 0 Å². The molecule has 2 nitrogen and oxygen atoms in total. The topological polar surface area (TPSA) is 32.9 Å². The molecule has 0 bridgehead atoms. The van der Waals surface area contributed by atoms with Crippen molar-refractivity contribution in [3.63, 3.8) is 0 Å². The van der Waals surface area contributed by atoms with E-state index in [1.807, 2.05) is 0 Å². The van der Waals surface area contributed by atoms with Gasteiger partial charge in [-0.05, 0) is 13.0 Å². The molecule has 0 aliphatic heterocycles. The van der Waals surface area contributed by atoms with E-state index in [1.54, 1.807) is 0 Å². The maximum atomic E-state index is 12.0. The molecule has 86 valence electrons. The third kappa shape index (κ3) is 5.24. The van der Waals surface area contributed by atoms with E-state index < -0.39 is 17.3 Å². The molecule has 0 aromatic carbocycles. The van der Waals surface area contributed by atoms with Crippen LogP contribution in [0.2, 0.25) is 0 Å². The van der Waals surface area contributed by atoms with Gasteiger partial charge in [-0.3, -0.25) is 4.79 Å². The van der Waals surface area contributed by atoms with Crippen LogP contribution in [0.5, 0.6) is 0 Å². The molecule has 1 rings (SSSR count). The average Bonchev–Trinajstić information content (AvgIpc) is 2.01. The van der Waals surface area contributed by atoms with Gasteiger partial charge in [-0.25, -0.2) is 0 Å². The summed E-state index contributed by atoms with van der Waals surface area (Å²) in [7, 11) is 0. The second-order valence-corrected chi connectivity index (χ2v) is 3.12. The first-order chi connectivity index (χ1) is 6.81. The molecule has 0 aliphatic rings. The van der Waals surface area contributed by atoms with Crippen LogP contribution < -0.4 is 5.56 Å². The van der Waals surface area contributed by atoms with Crippen molar-refractivity contribution < 1.29 is 13.2 Å². The van der Waals surface area contributed by atoms with Gasteiger partial charge in [0.2, 0.25) is 5.56 Å². The highest BCUT2D eigenvalue weighted by molar-refractivity contribution is 5.18. The Hall–Kier alpha value is -1.26. The Bertz CT molecular complexity index is 354. The van der Waals surface area contributed by atoms with E-state index in [9.17, 15) is 18.0 Å². The molecule has 1 aromatic heterocycles. The highest BCUT2D eigenvalue weighted by atomic mass is 19.4. The summed E-state index contributed by atoms with van der Waals surface area (Å²) in [5, 5.41) is 0. The minimum absolute atomic E-state index is 0.204. The molecule has 0 radical (unpaired) electrons. The zero-order chi connectivity index (χ0) is 12.1. The Kier molecular flexibility index (Phi) is 5.11. The zero-order valence-electron chi connectivity index (χ0n) is 8.90. The molecule has 0 saturated carbocycles. The van der Waals surface area contributed by atoms with Crippen molar-refractivity contribution in [1.29, 1.82) is 0 Å². The average molecular weight is 221 g/mol. The van der Waals surface area contributed by atoms with Gasteiger partial charge in [0, 0.05) is 11.8 Å². The fraction of sp³-hybridized carbons (Fsp3) is 0.500. The van der Waals surface area contributed by atoms with E-state index in [-0.39, 0.29) is 5.69 Å². The van der Waals surface area contributed by atoms with Gasteiger partial charge in [-0.2, -0.15) is 13.2 Å². The van der Waals surface area contributed by atoms with Gasteiger partial charge >= 0.3 is 6.18 Å². The van der Waals surface area contributed by atoms with Gasteiger partial charge in [0.05, 0.1) is 5.56 Å². The summed E-state index contributed by atoms with van der Waals surface area (Å²) in [6, 6.07) is 1.42. The molecule has 0 unspecified atom stereocenters. The lowest BCUT2D eigenvalue weighted by atomic mass is 10.2. The predicted molar refractivity (Wildman–Crippen MR) is 52.8 cm³/mol. The molecular weight excluding hydrogens is 207 g/mol. The summed E-state index contributed by atoms with van der Waals surface area (Å²) in [5.74, 6) is 0. The van der Waals surface area contributed by atoms with Crippen LogP contribution in [0.1, 0.15) is 31.5 Å². The van der Waals surface area contributed by atoms with Gasteiger partial charge in [0.15, 0.2) is 0 Å². The quantitative estimate of drug-likeness (QED) is 0.717. The number of rotatable bonds is 0. The molecule has 0 saturated heterocycles. The fourth-order valence-corrected chi connectivity index (χ4v) is 0.846. The molecule has 15 heavy (non-hydrogen) atoms. The van der Waals surface area contributed by atoms with Gasteiger partial charge in [-0.15, -0.1) is 0 Å². The van der Waals surface area contributed by atoms with Gasteiger partial charge in [0.25, 0.3) is 0 Å². The number of hydrogen-bond acceptors (Lipinski definition) is 1. The lowest BCUT2D eigenvalue weighted by molar-refractivity contribution is -0.137. The Labute approximate surface area is 86.1 Å². The van der Waals surface area contributed by atoms with E-state index in [0.717, 1.165) is 6.07 Å². The van der Waals surface area contributed by atoms with Crippen LogP contribution in [0.4, 0.5) is 13.2 Å². The van der Waals surface area contributed by atoms with Crippen LogP contribution in [-0.2, 0) is 6.18 Å². The minimum Gasteiger partial charge on any atom is -0.326 e. The van der Waals surface area contributed by atoms with Crippen molar-refractivity contribution in [2.45, 2.75) is 33.4 Å². The summed E-state index contributed by atoms with van der Waals surface area (Å²) < 4.78 is 36.0. The monoisotopic (exact) mass is 221 g/mol. The Balaban J connectivity index is 0.000000583. The smallest absolute Gasteiger partial charge is 0.326 e. The van der Waals surface area contributed by atoms with E-state index in [0.29, 0.717) is 6.07 Å². The number of aromatic amines is 1. The molecular formula is C10H14F3NO. The Morgan fingerprint density at radius 2 is 1.73 bits per heavy atom. The molecule has 0 spiro atoms. The second kappa shape index (κ2) is 5.58. The second-order valence-electron chi connectivity index (χ2n) is 3.12. The predicted octanol–water partition coefficient (Wildman–Crippen LogP) is 3.12. The number of pyridine rings is 1. The number of aromatic nitrogens is 1. The normalized spacial score (nSPS) is 10.5. The highest BCUT2D eigenvalue weighted by Crippen LogP contribution is 2.27. The lowest BCUT2D eigenvalue weighted by Gasteiger charge is -2.05. The number of nitrogens with one attached hydrogen (secondary N) is 1. The first-order valence-corrected chi connectivity index (χ1v) is 4.59. The molecule has 1 heterocycles. The van der Waals surface area contributed by atoms with Crippen LogP contribution in [0, 0.1) is 6.92 Å². The van der Waals surface area contributed by atoms with Crippen molar-refractivity contribution in [3.05, 3.63) is 33.7 Å².